The van der Waals surface area contributed by atoms with Crippen molar-refractivity contribution in [2.75, 3.05) is 12.8 Å². The fraction of sp³-hybridized carbons (Fsp3) is 0.423. The summed E-state index contributed by atoms with van der Waals surface area (Å²) in [7, 11) is -4.15. The molecule has 0 aromatic heterocycles. The van der Waals surface area contributed by atoms with Crippen LogP contribution < -0.4 is 0 Å². The number of hydrogen-bond acceptors (Lipinski definition) is 5. The van der Waals surface area contributed by atoms with E-state index in [0.717, 1.165) is 11.1 Å². The van der Waals surface area contributed by atoms with E-state index in [1.807, 2.05) is 45.0 Å². The predicted octanol–water partition coefficient (Wildman–Crippen LogP) is 6.22. The maximum Gasteiger partial charge on any atom is 0.306 e. The molecule has 5 nitrogen and oxygen atoms in total. The van der Waals surface area contributed by atoms with E-state index in [9.17, 15) is 18.9 Å². The van der Waals surface area contributed by atoms with Gasteiger partial charge < -0.3 is 9.30 Å². The molecular weight excluding hydrogens is 423 g/mol. The molecule has 2 aromatic rings. The third-order valence-electron chi connectivity index (χ3n) is 5.54. The van der Waals surface area contributed by atoms with Crippen LogP contribution in [0.3, 0.4) is 0 Å². The van der Waals surface area contributed by atoms with Gasteiger partial charge in [0.1, 0.15) is 0 Å². The molecule has 6 heteroatoms. The number of aryl methyl sites for hydroxylation is 6. The minimum Gasteiger partial charge on any atom is -0.466 e. The second kappa shape index (κ2) is 10.4. The first-order valence-electron chi connectivity index (χ1n) is 10.9. The van der Waals surface area contributed by atoms with E-state index < -0.39 is 24.2 Å². The average Bonchev–Trinajstić information content (AvgIpc) is 2.68. The third-order valence-corrected chi connectivity index (χ3v) is 8.15. The van der Waals surface area contributed by atoms with Crippen LogP contribution in [0.4, 0.5) is 0 Å². The molecule has 0 saturated heterocycles. The lowest BCUT2D eigenvalue weighted by Gasteiger charge is -2.21. The van der Waals surface area contributed by atoms with E-state index >= 15 is 0 Å². The average molecular weight is 457 g/mol. The summed E-state index contributed by atoms with van der Waals surface area (Å²) in [5.41, 5.74) is 3.89. The first kappa shape index (κ1) is 25.7. The van der Waals surface area contributed by atoms with E-state index in [1.165, 1.54) is 0 Å². The summed E-state index contributed by atoms with van der Waals surface area (Å²) in [5, 5.41) is 0. The molecule has 0 saturated carbocycles. The Bertz CT molecular complexity index is 994. The molecule has 0 amide bonds. The predicted molar refractivity (Wildman–Crippen MR) is 128 cm³/mol. The molecule has 0 aliphatic heterocycles. The number of carbonyl (C=O) groups excluding carboxylic acids is 3. The highest BCUT2D eigenvalue weighted by molar-refractivity contribution is 7.95. The molecule has 0 unspecified atom stereocenters. The van der Waals surface area contributed by atoms with Crippen LogP contribution in [0.1, 0.15) is 73.9 Å². The molecule has 2 rings (SSSR count). The van der Waals surface area contributed by atoms with Gasteiger partial charge >= 0.3 is 5.97 Å². The van der Waals surface area contributed by atoms with Gasteiger partial charge in [-0.1, -0.05) is 42.3 Å². The highest BCUT2D eigenvalue weighted by Gasteiger charge is 2.43. The van der Waals surface area contributed by atoms with E-state index in [-0.39, 0.29) is 19.2 Å². The lowest BCUT2D eigenvalue weighted by Crippen LogP contribution is -2.19. The molecule has 0 heterocycles. The van der Waals surface area contributed by atoms with Crippen molar-refractivity contribution in [3.8, 4) is 0 Å². The third kappa shape index (κ3) is 5.45. The van der Waals surface area contributed by atoms with Crippen molar-refractivity contribution < 1.29 is 23.7 Å². The Morgan fingerprint density at radius 3 is 1.47 bits per heavy atom. The topological polar surface area (TPSA) is 77.5 Å². The highest BCUT2D eigenvalue weighted by Crippen LogP contribution is 2.54. The van der Waals surface area contributed by atoms with Gasteiger partial charge in [0, 0.05) is 17.3 Å². The Kier molecular flexibility index (Phi) is 8.36. The fourth-order valence-corrected chi connectivity index (χ4v) is 6.74. The van der Waals surface area contributed by atoms with Crippen molar-refractivity contribution in [3.05, 3.63) is 68.8 Å². The Morgan fingerprint density at radius 1 is 0.750 bits per heavy atom. The minimum absolute atomic E-state index is 0.247. The minimum atomic E-state index is -4.15. The summed E-state index contributed by atoms with van der Waals surface area (Å²) < 4.78 is 19.4. The zero-order valence-corrected chi connectivity index (χ0v) is 21.0. The summed E-state index contributed by atoms with van der Waals surface area (Å²) in [6, 6.07) is 7.36. The summed E-state index contributed by atoms with van der Waals surface area (Å²) in [4.78, 5) is 39.6. The second-order valence-corrected chi connectivity index (χ2v) is 11.3. The van der Waals surface area contributed by atoms with Crippen LogP contribution in [-0.4, -0.2) is 29.8 Å². The highest BCUT2D eigenvalue weighted by atomic mass is 31.2. The van der Waals surface area contributed by atoms with Crippen molar-refractivity contribution in [2.45, 2.75) is 61.3 Å². The molecule has 32 heavy (non-hydrogen) atoms. The van der Waals surface area contributed by atoms with E-state index in [1.54, 1.807) is 27.7 Å². The SMILES string of the molecule is CCCOC(=O)CCP(=O)(C(=O)c1c(C)cc(C)cc1C)C(=O)c1c(C)cc(C)cc1C. The zero-order chi connectivity index (χ0) is 24.2. The van der Waals surface area contributed by atoms with Gasteiger partial charge in [0.2, 0.25) is 18.2 Å². The van der Waals surface area contributed by atoms with E-state index in [4.69, 9.17) is 4.74 Å². The molecule has 172 valence electrons. The van der Waals surface area contributed by atoms with Crippen molar-refractivity contribution >= 4 is 24.2 Å². The van der Waals surface area contributed by atoms with Crippen LogP contribution in [0.25, 0.3) is 0 Å². The molecule has 0 spiro atoms. The second-order valence-electron chi connectivity index (χ2n) is 8.59. The Hall–Kier alpha value is -2.52. The zero-order valence-electron chi connectivity index (χ0n) is 20.1. The first-order valence-corrected chi connectivity index (χ1v) is 12.8. The number of benzene rings is 2. The maximum absolute atomic E-state index is 14.3. The lowest BCUT2D eigenvalue weighted by molar-refractivity contribution is -0.143. The quantitative estimate of drug-likeness (QED) is 0.330. The fourth-order valence-electron chi connectivity index (χ4n) is 4.23. The summed E-state index contributed by atoms with van der Waals surface area (Å²) in [6.07, 6.45) is 0.0696. The first-order chi connectivity index (χ1) is 14.9. The van der Waals surface area contributed by atoms with Gasteiger partial charge in [0.25, 0.3) is 0 Å². The molecule has 0 atom stereocenters. The largest absolute Gasteiger partial charge is 0.466 e. The van der Waals surface area contributed by atoms with Gasteiger partial charge in [-0.25, -0.2) is 0 Å². The van der Waals surface area contributed by atoms with Gasteiger partial charge in [-0.3, -0.25) is 14.4 Å². The van der Waals surface area contributed by atoms with Gasteiger partial charge in [-0.15, -0.1) is 0 Å². The van der Waals surface area contributed by atoms with Gasteiger partial charge in [-0.2, -0.15) is 0 Å². The normalized spacial score (nSPS) is 11.3. The molecule has 0 aliphatic carbocycles. The van der Waals surface area contributed by atoms with E-state index in [2.05, 4.69) is 0 Å². The molecule has 0 fully saturated rings. The molecule has 2 aromatic carbocycles. The molecule has 0 aliphatic rings. The van der Waals surface area contributed by atoms with Crippen LogP contribution in [0, 0.1) is 41.5 Å². The van der Waals surface area contributed by atoms with Crippen LogP contribution in [-0.2, 0) is 14.1 Å². The van der Waals surface area contributed by atoms with Crippen molar-refractivity contribution in [2.24, 2.45) is 0 Å². The van der Waals surface area contributed by atoms with Gasteiger partial charge in [-0.05, 0) is 70.2 Å². The Labute approximate surface area is 190 Å². The molecular formula is C26H33O5P. The van der Waals surface area contributed by atoms with Crippen LogP contribution in [0.5, 0.6) is 0 Å². The maximum atomic E-state index is 14.3. The van der Waals surface area contributed by atoms with Gasteiger partial charge in [0.05, 0.1) is 13.0 Å². The summed E-state index contributed by atoms with van der Waals surface area (Å²) >= 11 is 0. The molecule has 0 N–H and O–H groups in total. The number of esters is 1. The molecule has 0 radical (unpaired) electrons. The van der Waals surface area contributed by atoms with Crippen molar-refractivity contribution in [3.63, 3.8) is 0 Å². The number of hydrogen-bond donors (Lipinski definition) is 0. The monoisotopic (exact) mass is 456 g/mol. The van der Waals surface area contributed by atoms with Crippen LogP contribution in [0.15, 0.2) is 24.3 Å². The van der Waals surface area contributed by atoms with Crippen LogP contribution in [0.2, 0.25) is 0 Å². The van der Waals surface area contributed by atoms with Gasteiger partial charge in [0.15, 0.2) is 0 Å². The van der Waals surface area contributed by atoms with Crippen molar-refractivity contribution in [1.82, 2.24) is 0 Å². The Balaban J connectivity index is 2.60. The van der Waals surface area contributed by atoms with Crippen molar-refractivity contribution in [1.29, 1.82) is 0 Å². The Morgan fingerprint density at radius 2 is 1.12 bits per heavy atom. The number of ether oxygens (including phenoxy) is 1. The number of carbonyl (C=O) groups is 3. The summed E-state index contributed by atoms with van der Waals surface area (Å²) in [6.45, 7) is 13.1. The van der Waals surface area contributed by atoms with E-state index in [0.29, 0.717) is 39.8 Å². The number of rotatable bonds is 9. The smallest absolute Gasteiger partial charge is 0.306 e. The van der Waals surface area contributed by atoms with Crippen LogP contribution >= 0.6 is 7.14 Å². The summed E-state index contributed by atoms with van der Waals surface area (Å²) in [5.74, 6) is -0.553. The standard InChI is InChI=1S/C26H33O5P/c1-8-10-31-22(27)9-11-32(30,25(28)23-18(4)12-16(2)13-19(23)5)26(29)24-20(6)14-17(3)15-21(24)7/h12-15H,8-11H2,1-7H3. The molecule has 0 bridgehead atoms. The lowest BCUT2D eigenvalue weighted by atomic mass is 10.0.